The van der Waals surface area contributed by atoms with Gasteiger partial charge in [0.1, 0.15) is 5.60 Å². The maximum Gasteiger partial charge on any atom is 0.408 e. The van der Waals surface area contributed by atoms with Crippen LogP contribution in [0.2, 0.25) is 5.02 Å². The highest BCUT2D eigenvalue weighted by Crippen LogP contribution is 2.34. The summed E-state index contributed by atoms with van der Waals surface area (Å²) in [5.41, 5.74) is 0.129. The van der Waals surface area contributed by atoms with Crippen LogP contribution in [0.5, 0.6) is 0 Å². The van der Waals surface area contributed by atoms with E-state index in [0.717, 1.165) is 11.3 Å². The first kappa shape index (κ1) is 23.6. The second-order valence-electron chi connectivity index (χ2n) is 8.43. The Balaban J connectivity index is 2.90. The standard InChI is InChI=1S/C20H32ClNO4S/c1-14(18(23)25-12-13-27(5,6)7)17(15-8-10-16(21)11-9-15)22-19(24)26-20(2,3)4/h8-11,14,17H,12-13H2,1-7H3,(H,22,24)/t14-,17-/m0/s1. The van der Waals surface area contributed by atoms with Gasteiger partial charge in [-0.25, -0.2) is 14.8 Å². The molecule has 7 heteroatoms. The molecule has 0 aliphatic rings. The van der Waals surface area contributed by atoms with Crippen molar-refractivity contribution in [2.45, 2.75) is 39.3 Å². The summed E-state index contributed by atoms with van der Waals surface area (Å²) in [5, 5.41) is 3.38. The summed E-state index contributed by atoms with van der Waals surface area (Å²) in [7, 11) is -0.744. The molecule has 0 aromatic heterocycles. The lowest BCUT2D eigenvalue weighted by molar-refractivity contribution is -0.148. The van der Waals surface area contributed by atoms with Gasteiger partial charge in [0, 0.05) is 10.8 Å². The number of alkyl carbamates (subject to hydrolysis) is 1. The highest BCUT2D eigenvalue weighted by Gasteiger charge is 2.30. The van der Waals surface area contributed by atoms with Crippen molar-refractivity contribution in [3.05, 3.63) is 34.9 Å². The Morgan fingerprint density at radius 1 is 1.15 bits per heavy atom. The van der Waals surface area contributed by atoms with Crippen LogP contribution in [0.25, 0.3) is 0 Å². The first-order valence-electron chi connectivity index (χ1n) is 8.86. The topological polar surface area (TPSA) is 64.6 Å². The molecule has 154 valence electrons. The molecule has 1 N–H and O–H groups in total. The molecule has 1 amide bonds. The molecule has 0 unspecified atom stereocenters. The number of carbonyl (C=O) groups is 2. The molecule has 0 aliphatic heterocycles. The van der Waals surface area contributed by atoms with Gasteiger partial charge in [-0.15, -0.1) is 0 Å². The number of hydrogen-bond donors (Lipinski definition) is 1. The quantitative estimate of drug-likeness (QED) is 0.648. The van der Waals surface area contributed by atoms with Crippen molar-refractivity contribution in [3.8, 4) is 0 Å². The average molecular weight is 418 g/mol. The lowest BCUT2D eigenvalue weighted by Crippen LogP contribution is -2.39. The van der Waals surface area contributed by atoms with E-state index in [4.69, 9.17) is 21.1 Å². The van der Waals surface area contributed by atoms with Crippen molar-refractivity contribution in [3.63, 3.8) is 0 Å². The Hall–Kier alpha value is -1.40. The fourth-order valence-corrected chi connectivity index (χ4v) is 2.97. The van der Waals surface area contributed by atoms with Crippen LogP contribution >= 0.6 is 21.6 Å². The van der Waals surface area contributed by atoms with Gasteiger partial charge in [0.25, 0.3) is 0 Å². The van der Waals surface area contributed by atoms with Crippen LogP contribution in [-0.2, 0) is 14.3 Å². The van der Waals surface area contributed by atoms with Gasteiger partial charge < -0.3 is 14.8 Å². The van der Waals surface area contributed by atoms with Crippen LogP contribution in [0.15, 0.2) is 24.3 Å². The molecule has 1 aromatic carbocycles. The van der Waals surface area contributed by atoms with Gasteiger partial charge in [-0.3, -0.25) is 4.79 Å². The van der Waals surface area contributed by atoms with E-state index in [1.54, 1.807) is 52.0 Å². The molecule has 2 atom stereocenters. The predicted octanol–water partition coefficient (Wildman–Crippen LogP) is 4.78. The molecule has 0 aliphatic carbocycles. The zero-order valence-corrected chi connectivity index (χ0v) is 18.9. The van der Waals surface area contributed by atoms with Crippen LogP contribution in [0.3, 0.4) is 0 Å². The van der Waals surface area contributed by atoms with Crippen LogP contribution in [0.4, 0.5) is 4.79 Å². The number of amides is 1. The smallest absolute Gasteiger partial charge is 0.408 e. The summed E-state index contributed by atoms with van der Waals surface area (Å²) >= 11 is 5.96. The second kappa shape index (κ2) is 9.69. The van der Waals surface area contributed by atoms with Gasteiger partial charge in [0.2, 0.25) is 0 Å². The summed E-state index contributed by atoms with van der Waals surface area (Å²) in [6, 6.07) is 6.44. The third-order valence-electron chi connectivity index (χ3n) is 3.71. The first-order valence-corrected chi connectivity index (χ1v) is 12.3. The number of ether oxygens (including phenoxy) is 2. The molecule has 1 aromatic rings. The van der Waals surface area contributed by atoms with Crippen molar-refractivity contribution in [2.24, 2.45) is 5.92 Å². The van der Waals surface area contributed by atoms with Crippen molar-refractivity contribution in [1.29, 1.82) is 0 Å². The zero-order valence-electron chi connectivity index (χ0n) is 17.3. The summed E-state index contributed by atoms with van der Waals surface area (Å²) in [6.45, 7) is 7.48. The third kappa shape index (κ3) is 9.38. The number of benzene rings is 1. The lowest BCUT2D eigenvalue weighted by Gasteiger charge is -2.28. The lowest BCUT2D eigenvalue weighted by atomic mass is 9.94. The minimum atomic E-state index is -0.744. The highest BCUT2D eigenvalue weighted by molar-refractivity contribution is 8.32. The maximum atomic E-state index is 12.5. The molecular weight excluding hydrogens is 386 g/mol. The molecule has 0 saturated heterocycles. The van der Waals surface area contributed by atoms with Crippen LogP contribution in [-0.4, -0.2) is 48.8 Å². The normalized spacial score (nSPS) is 14.8. The van der Waals surface area contributed by atoms with Gasteiger partial charge >= 0.3 is 12.1 Å². The Labute approximate surface area is 169 Å². The Morgan fingerprint density at radius 2 is 1.70 bits per heavy atom. The van der Waals surface area contributed by atoms with Gasteiger partial charge in [0.15, 0.2) is 0 Å². The van der Waals surface area contributed by atoms with Gasteiger partial charge in [-0.05, 0) is 64.2 Å². The predicted molar refractivity (Wildman–Crippen MR) is 114 cm³/mol. The first-order chi connectivity index (χ1) is 12.3. The molecule has 1 rings (SSSR count). The SMILES string of the molecule is C[C@H](C(=O)OCCS(C)(C)C)[C@H](NC(=O)OC(C)(C)C)c1ccc(Cl)cc1. The molecule has 0 saturated carbocycles. The van der Waals surface area contributed by atoms with Gasteiger partial charge in [-0.1, -0.05) is 23.7 Å². The molecule has 0 bridgehead atoms. The fraction of sp³-hybridized carbons (Fsp3) is 0.600. The molecule has 27 heavy (non-hydrogen) atoms. The second-order valence-corrected chi connectivity index (χ2v) is 13.5. The van der Waals surface area contributed by atoms with E-state index in [1.807, 2.05) is 0 Å². The molecule has 0 heterocycles. The van der Waals surface area contributed by atoms with Crippen molar-refractivity contribution < 1.29 is 19.1 Å². The monoisotopic (exact) mass is 417 g/mol. The summed E-state index contributed by atoms with van der Waals surface area (Å²) < 4.78 is 10.8. The van der Waals surface area contributed by atoms with E-state index in [0.29, 0.717) is 11.6 Å². The van der Waals surface area contributed by atoms with E-state index in [9.17, 15) is 9.59 Å². The Morgan fingerprint density at radius 3 is 2.19 bits per heavy atom. The summed E-state index contributed by atoms with van der Waals surface area (Å²) in [5.74, 6) is -0.0837. The molecule has 0 spiro atoms. The Bertz CT molecular complexity index is 635. The number of carbonyl (C=O) groups excluding carboxylic acids is 2. The van der Waals surface area contributed by atoms with E-state index in [1.165, 1.54) is 0 Å². The third-order valence-corrected chi connectivity index (χ3v) is 5.36. The van der Waals surface area contributed by atoms with E-state index < -0.39 is 33.7 Å². The minimum Gasteiger partial charge on any atom is -0.465 e. The number of nitrogens with one attached hydrogen (secondary N) is 1. The van der Waals surface area contributed by atoms with E-state index in [-0.39, 0.29) is 5.97 Å². The van der Waals surface area contributed by atoms with Crippen LogP contribution < -0.4 is 5.32 Å². The molecule has 0 fully saturated rings. The largest absolute Gasteiger partial charge is 0.465 e. The highest BCUT2D eigenvalue weighted by atomic mass is 35.5. The van der Waals surface area contributed by atoms with Gasteiger partial charge in [0.05, 0.1) is 18.6 Å². The number of hydrogen-bond acceptors (Lipinski definition) is 4. The van der Waals surface area contributed by atoms with Crippen LogP contribution in [0.1, 0.15) is 39.3 Å². The van der Waals surface area contributed by atoms with Crippen molar-refractivity contribution >= 4 is 33.7 Å². The van der Waals surface area contributed by atoms with Crippen molar-refractivity contribution in [2.75, 3.05) is 31.1 Å². The van der Waals surface area contributed by atoms with Crippen LogP contribution in [0, 0.1) is 5.92 Å². The zero-order chi connectivity index (χ0) is 20.8. The average Bonchev–Trinajstić information content (AvgIpc) is 2.50. The molecule has 5 nitrogen and oxygen atoms in total. The number of halogens is 1. The van der Waals surface area contributed by atoms with E-state index in [2.05, 4.69) is 24.1 Å². The van der Waals surface area contributed by atoms with E-state index >= 15 is 0 Å². The summed E-state index contributed by atoms with van der Waals surface area (Å²) in [4.78, 5) is 24.8. The maximum absolute atomic E-state index is 12.5. The van der Waals surface area contributed by atoms with Crippen molar-refractivity contribution in [1.82, 2.24) is 5.32 Å². The molecular formula is C20H32ClNO4S. The van der Waals surface area contributed by atoms with Gasteiger partial charge in [-0.2, -0.15) is 0 Å². The minimum absolute atomic E-state index is 0.352. The fourth-order valence-electron chi connectivity index (χ4n) is 2.26. The molecule has 0 radical (unpaired) electrons. The number of esters is 1. The number of rotatable bonds is 7. The summed E-state index contributed by atoms with van der Waals surface area (Å²) in [6.07, 6.45) is 5.93. The Kier molecular flexibility index (Phi) is 8.48.